The number of rotatable bonds is 0. The number of hydrogen-bond acceptors (Lipinski definition) is 0. The second kappa shape index (κ2) is 3.30. The molecule has 0 nitrogen and oxygen atoms in total. The Balaban J connectivity index is -0.0000000833. The van der Waals surface area contributed by atoms with Crippen molar-refractivity contribution in [2.75, 3.05) is 0 Å². The van der Waals surface area contributed by atoms with E-state index in [1.807, 2.05) is 12.2 Å². The standard InChI is InChI=1S/C5H5.Ru.2H/c1-2-4-5-3-1;;;/h1-3H,4H2;;;/q-1;+3;2*-1. The van der Waals surface area contributed by atoms with Gasteiger partial charge in [-0.25, -0.2) is 12.2 Å². The van der Waals surface area contributed by atoms with Crippen molar-refractivity contribution in [3.05, 3.63) is 24.3 Å². The molecule has 0 amide bonds. The smallest absolute Gasteiger partial charge is 1.00 e. The fourth-order valence-corrected chi connectivity index (χ4v) is 0.340. The van der Waals surface area contributed by atoms with Gasteiger partial charge in [-0.2, -0.15) is 6.08 Å². The average Bonchev–Trinajstić information content (AvgIpc) is 1.76. The number of allylic oxidation sites excluding steroid dienone is 4. The molecular weight excluding hydrogens is 161 g/mol. The minimum Gasteiger partial charge on any atom is -1.00 e. The molecule has 0 unspecified atom stereocenters. The van der Waals surface area contributed by atoms with Crippen LogP contribution in [0.5, 0.6) is 0 Å². The van der Waals surface area contributed by atoms with Crippen molar-refractivity contribution >= 4 is 0 Å². The summed E-state index contributed by atoms with van der Waals surface area (Å²) in [5, 5.41) is 0. The first-order valence-corrected chi connectivity index (χ1v) is 1.72. The normalized spacial score (nSPS) is 14.7. The zero-order valence-corrected chi connectivity index (χ0v) is 5.03. The Labute approximate surface area is 53.7 Å². The molecule has 6 heavy (non-hydrogen) atoms. The molecule has 35 valence electrons. The van der Waals surface area contributed by atoms with Gasteiger partial charge in [-0.1, -0.05) is 0 Å². The van der Waals surface area contributed by atoms with Crippen molar-refractivity contribution in [3.8, 4) is 0 Å². The van der Waals surface area contributed by atoms with Crippen molar-refractivity contribution in [1.82, 2.24) is 0 Å². The van der Waals surface area contributed by atoms with Crippen molar-refractivity contribution in [2.45, 2.75) is 6.42 Å². The Kier molecular flexibility index (Phi) is 3.36. The summed E-state index contributed by atoms with van der Waals surface area (Å²) in [5.74, 6) is 0. The molecule has 1 aliphatic carbocycles. The third-order valence-electron chi connectivity index (χ3n) is 0.586. The van der Waals surface area contributed by atoms with Crippen LogP contribution in [0, 0.1) is 6.08 Å². The Morgan fingerprint density at radius 3 is 2.67 bits per heavy atom. The van der Waals surface area contributed by atoms with Crippen LogP contribution < -0.4 is 0 Å². The van der Waals surface area contributed by atoms with Crippen molar-refractivity contribution in [2.24, 2.45) is 0 Å². The molecule has 1 aliphatic rings. The van der Waals surface area contributed by atoms with Gasteiger partial charge in [-0.15, -0.1) is 6.42 Å². The Bertz CT molecular complexity index is 68.5. The van der Waals surface area contributed by atoms with Gasteiger partial charge in [-0.05, 0) is 0 Å². The first-order chi connectivity index (χ1) is 2.50. The fraction of sp³-hybridized carbons (Fsp3) is 0.200. The van der Waals surface area contributed by atoms with Gasteiger partial charge in [0.05, 0.1) is 0 Å². The van der Waals surface area contributed by atoms with E-state index >= 15 is 0 Å². The molecule has 0 aromatic heterocycles. The van der Waals surface area contributed by atoms with Crippen molar-refractivity contribution in [1.29, 1.82) is 0 Å². The molecular formula is C5H7Ru. The largest absolute Gasteiger partial charge is 3.00 e. The van der Waals surface area contributed by atoms with Gasteiger partial charge in [0, 0.05) is 0 Å². The van der Waals surface area contributed by atoms with E-state index in [0.29, 0.717) is 0 Å². The van der Waals surface area contributed by atoms with Gasteiger partial charge < -0.3 is 2.85 Å². The van der Waals surface area contributed by atoms with E-state index in [0.717, 1.165) is 6.42 Å². The zero-order chi connectivity index (χ0) is 3.54. The molecule has 0 N–H and O–H groups in total. The van der Waals surface area contributed by atoms with Crippen LogP contribution in [0.1, 0.15) is 9.27 Å². The van der Waals surface area contributed by atoms with Gasteiger partial charge in [0.15, 0.2) is 0 Å². The Morgan fingerprint density at radius 1 is 1.67 bits per heavy atom. The van der Waals surface area contributed by atoms with Crippen LogP contribution in [-0.4, -0.2) is 0 Å². The van der Waals surface area contributed by atoms with Crippen molar-refractivity contribution in [3.63, 3.8) is 0 Å². The van der Waals surface area contributed by atoms with Crippen LogP contribution in [0.4, 0.5) is 0 Å². The van der Waals surface area contributed by atoms with Gasteiger partial charge in [0.1, 0.15) is 0 Å². The van der Waals surface area contributed by atoms with Gasteiger partial charge in [0.25, 0.3) is 0 Å². The minimum absolute atomic E-state index is 0. The molecule has 0 bridgehead atoms. The summed E-state index contributed by atoms with van der Waals surface area (Å²) in [6.07, 6.45) is 10.0. The molecule has 0 aromatic rings. The molecule has 1 radical (unpaired) electrons. The monoisotopic (exact) mass is 169 g/mol. The maximum atomic E-state index is 2.99. The topological polar surface area (TPSA) is 0 Å². The van der Waals surface area contributed by atoms with Crippen molar-refractivity contribution < 1.29 is 22.3 Å². The third kappa shape index (κ3) is 1.52. The van der Waals surface area contributed by atoms with E-state index in [1.54, 1.807) is 0 Å². The summed E-state index contributed by atoms with van der Waals surface area (Å²) < 4.78 is 0. The van der Waals surface area contributed by atoms with E-state index in [9.17, 15) is 0 Å². The summed E-state index contributed by atoms with van der Waals surface area (Å²) in [4.78, 5) is 0. The first kappa shape index (κ1) is 6.10. The molecule has 0 saturated heterocycles. The quantitative estimate of drug-likeness (QED) is 0.380. The zero-order valence-electron chi connectivity index (χ0n) is 5.29. The maximum absolute atomic E-state index is 2.99. The SMILES string of the molecule is [C-]1=CC=CC1.[H-].[H-].[Ru+3]. The van der Waals surface area contributed by atoms with Crippen LogP contribution in [0.25, 0.3) is 0 Å². The minimum atomic E-state index is 0. The van der Waals surface area contributed by atoms with E-state index in [-0.39, 0.29) is 22.3 Å². The third-order valence-corrected chi connectivity index (χ3v) is 0.586. The molecule has 0 fully saturated rings. The molecule has 0 aromatic carbocycles. The van der Waals surface area contributed by atoms with Crippen LogP contribution in [0.2, 0.25) is 0 Å². The van der Waals surface area contributed by atoms with Gasteiger partial charge >= 0.3 is 19.5 Å². The molecule has 1 heteroatoms. The van der Waals surface area contributed by atoms with E-state index in [4.69, 9.17) is 0 Å². The molecule has 0 heterocycles. The van der Waals surface area contributed by atoms with Crippen LogP contribution in [0.15, 0.2) is 18.2 Å². The van der Waals surface area contributed by atoms with Crippen LogP contribution in [0.3, 0.4) is 0 Å². The van der Waals surface area contributed by atoms with E-state index in [1.165, 1.54) is 0 Å². The summed E-state index contributed by atoms with van der Waals surface area (Å²) >= 11 is 0. The molecule has 1 rings (SSSR count). The van der Waals surface area contributed by atoms with E-state index in [2.05, 4.69) is 12.2 Å². The van der Waals surface area contributed by atoms with E-state index < -0.39 is 0 Å². The second-order valence-electron chi connectivity index (χ2n) is 1.00. The summed E-state index contributed by atoms with van der Waals surface area (Å²) in [6, 6.07) is 0. The summed E-state index contributed by atoms with van der Waals surface area (Å²) in [5.41, 5.74) is 0. The summed E-state index contributed by atoms with van der Waals surface area (Å²) in [7, 11) is 0. The predicted molar refractivity (Wildman–Crippen MR) is 23.8 cm³/mol. The van der Waals surface area contributed by atoms with Crippen LogP contribution in [-0.2, 0) is 19.5 Å². The fourth-order valence-electron chi connectivity index (χ4n) is 0.340. The first-order valence-electron chi connectivity index (χ1n) is 1.72. The second-order valence-corrected chi connectivity index (χ2v) is 1.00. The Morgan fingerprint density at radius 2 is 2.50 bits per heavy atom. The predicted octanol–water partition coefficient (Wildman–Crippen LogP) is 1.53. The molecule has 0 atom stereocenters. The Hall–Kier alpha value is 0.103. The number of hydrogen-bond donors (Lipinski definition) is 0. The summed E-state index contributed by atoms with van der Waals surface area (Å²) in [6.45, 7) is 0. The average molecular weight is 168 g/mol. The van der Waals surface area contributed by atoms with Gasteiger partial charge in [0.2, 0.25) is 0 Å². The maximum Gasteiger partial charge on any atom is 3.00 e. The molecule has 0 spiro atoms. The molecule has 0 aliphatic heterocycles. The molecule has 0 saturated carbocycles. The van der Waals surface area contributed by atoms with Gasteiger partial charge in [-0.3, -0.25) is 6.08 Å². The van der Waals surface area contributed by atoms with Crippen LogP contribution >= 0.6 is 0 Å².